The molecule has 1 aliphatic heterocycles. The van der Waals surface area contributed by atoms with Crippen LogP contribution in [0.1, 0.15) is 30.0 Å². The third-order valence-corrected chi connectivity index (χ3v) is 3.90. The minimum absolute atomic E-state index is 0.0853. The van der Waals surface area contributed by atoms with Crippen molar-refractivity contribution in [3.05, 3.63) is 35.4 Å². The molecule has 0 radical (unpaired) electrons. The Hall–Kier alpha value is -1.11. The van der Waals surface area contributed by atoms with E-state index in [1.54, 1.807) is 13.1 Å². The predicted octanol–water partition coefficient (Wildman–Crippen LogP) is 2.82. The van der Waals surface area contributed by atoms with Crippen LogP contribution >= 0.6 is 0 Å². The van der Waals surface area contributed by atoms with Gasteiger partial charge >= 0.3 is 6.18 Å². The fraction of sp³-hybridized carbons (Fsp3) is 0.600. The Kier molecular flexibility index (Phi) is 5.24. The Bertz CT molecular complexity index is 458. The van der Waals surface area contributed by atoms with E-state index in [1.165, 1.54) is 12.1 Å². The Morgan fingerprint density at radius 1 is 1.38 bits per heavy atom. The van der Waals surface area contributed by atoms with Crippen molar-refractivity contribution in [2.24, 2.45) is 5.73 Å². The average molecular weight is 302 g/mol. The van der Waals surface area contributed by atoms with Crippen LogP contribution in [0.25, 0.3) is 0 Å². The van der Waals surface area contributed by atoms with Gasteiger partial charge in [-0.15, -0.1) is 0 Å². The number of alkyl halides is 3. The fourth-order valence-corrected chi connectivity index (χ4v) is 2.83. The molecule has 0 bridgehead atoms. The number of nitrogens with two attached hydrogens (primary N) is 1. The molecule has 21 heavy (non-hydrogen) atoms. The van der Waals surface area contributed by atoms with Crippen LogP contribution in [-0.2, 0) is 10.9 Å². The molecule has 2 N–H and O–H groups in total. The summed E-state index contributed by atoms with van der Waals surface area (Å²) in [7, 11) is 1.80. The van der Waals surface area contributed by atoms with Crippen molar-refractivity contribution < 1.29 is 17.9 Å². The highest BCUT2D eigenvalue weighted by Gasteiger charge is 2.35. The van der Waals surface area contributed by atoms with Gasteiger partial charge in [0.25, 0.3) is 0 Å². The number of nitrogens with zero attached hydrogens (tertiary/aromatic N) is 1. The summed E-state index contributed by atoms with van der Waals surface area (Å²) in [5.74, 6) is 0. The topological polar surface area (TPSA) is 38.5 Å². The van der Waals surface area contributed by atoms with Gasteiger partial charge in [0.15, 0.2) is 0 Å². The highest BCUT2D eigenvalue weighted by Crippen LogP contribution is 2.35. The Morgan fingerprint density at radius 3 is 2.67 bits per heavy atom. The van der Waals surface area contributed by atoms with Crippen molar-refractivity contribution >= 4 is 0 Å². The van der Waals surface area contributed by atoms with Crippen molar-refractivity contribution in [2.75, 3.05) is 26.7 Å². The number of ether oxygens (including phenoxy) is 1. The molecule has 2 unspecified atom stereocenters. The summed E-state index contributed by atoms with van der Waals surface area (Å²) in [4.78, 5) is 1.86. The Labute approximate surface area is 122 Å². The van der Waals surface area contributed by atoms with Crippen LogP contribution in [0.5, 0.6) is 0 Å². The monoisotopic (exact) mass is 302 g/mol. The lowest BCUT2D eigenvalue weighted by molar-refractivity contribution is -0.138. The highest BCUT2D eigenvalue weighted by molar-refractivity contribution is 5.32. The van der Waals surface area contributed by atoms with E-state index in [9.17, 15) is 13.2 Å². The Morgan fingerprint density at radius 2 is 2.10 bits per heavy atom. The van der Waals surface area contributed by atoms with Crippen LogP contribution in [0, 0.1) is 0 Å². The summed E-state index contributed by atoms with van der Waals surface area (Å²) >= 11 is 0. The molecule has 118 valence electrons. The molecule has 0 aliphatic carbocycles. The van der Waals surface area contributed by atoms with E-state index in [2.05, 4.69) is 0 Å². The number of hydrogen-bond donors (Lipinski definition) is 1. The summed E-state index contributed by atoms with van der Waals surface area (Å²) in [5.41, 5.74) is 5.36. The number of halogens is 3. The van der Waals surface area contributed by atoms with Crippen LogP contribution in [0.4, 0.5) is 13.2 Å². The minimum Gasteiger partial charge on any atom is -0.377 e. The zero-order valence-corrected chi connectivity index (χ0v) is 12.1. The maximum atomic E-state index is 13.1. The van der Waals surface area contributed by atoms with Gasteiger partial charge in [-0.3, -0.25) is 4.90 Å². The molecule has 1 aromatic carbocycles. The maximum absolute atomic E-state index is 13.1. The molecule has 1 fully saturated rings. The predicted molar refractivity (Wildman–Crippen MR) is 74.8 cm³/mol. The van der Waals surface area contributed by atoms with E-state index >= 15 is 0 Å². The lowest BCUT2D eigenvalue weighted by atomic mass is 9.98. The molecule has 1 aromatic rings. The summed E-state index contributed by atoms with van der Waals surface area (Å²) in [6, 6.07) is 5.17. The second-order valence-electron chi connectivity index (χ2n) is 5.41. The second kappa shape index (κ2) is 6.77. The van der Waals surface area contributed by atoms with Crippen molar-refractivity contribution in [1.82, 2.24) is 4.90 Å². The SMILES string of the molecule is CN(CC1CCCO1)C(CN)c1ccccc1C(F)(F)F. The zero-order valence-electron chi connectivity index (χ0n) is 12.1. The number of hydrogen-bond acceptors (Lipinski definition) is 3. The van der Waals surface area contributed by atoms with Crippen LogP contribution in [0.2, 0.25) is 0 Å². The third kappa shape index (κ3) is 3.96. The molecule has 2 rings (SSSR count). The van der Waals surface area contributed by atoms with E-state index in [0.29, 0.717) is 6.54 Å². The van der Waals surface area contributed by atoms with Gasteiger partial charge in [-0.05, 0) is 31.5 Å². The van der Waals surface area contributed by atoms with Gasteiger partial charge in [-0.1, -0.05) is 18.2 Å². The quantitative estimate of drug-likeness (QED) is 0.909. The number of likely N-dealkylation sites (N-methyl/N-ethyl adjacent to an activating group) is 1. The van der Waals surface area contributed by atoms with E-state index < -0.39 is 17.8 Å². The number of rotatable bonds is 5. The molecule has 0 aromatic heterocycles. The largest absolute Gasteiger partial charge is 0.416 e. The molecule has 1 heterocycles. The molecular formula is C15H21F3N2O. The molecule has 1 aliphatic rings. The number of benzene rings is 1. The van der Waals surface area contributed by atoms with Crippen molar-refractivity contribution in [1.29, 1.82) is 0 Å². The molecule has 0 spiro atoms. The third-order valence-electron chi connectivity index (χ3n) is 3.90. The lowest BCUT2D eigenvalue weighted by Crippen LogP contribution is -2.37. The van der Waals surface area contributed by atoms with Crippen LogP contribution in [-0.4, -0.2) is 37.7 Å². The van der Waals surface area contributed by atoms with Crippen LogP contribution in [0.3, 0.4) is 0 Å². The molecular weight excluding hydrogens is 281 g/mol. The first kappa shape index (κ1) is 16.3. The van der Waals surface area contributed by atoms with Gasteiger partial charge < -0.3 is 10.5 Å². The van der Waals surface area contributed by atoms with Crippen molar-refractivity contribution in [3.8, 4) is 0 Å². The summed E-state index contributed by atoms with van der Waals surface area (Å²) in [6.45, 7) is 1.45. The van der Waals surface area contributed by atoms with Crippen molar-refractivity contribution in [2.45, 2.75) is 31.2 Å². The van der Waals surface area contributed by atoms with Gasteiger partial charge in [0.1, 0.15) is 0 Å². The molecule has 2 atom stereocenters. The van der Waals surface area contributed by atoms with Crippen LogP contribution < -0.4 is 5.73 Å². The smallest absolute Gasteiger partial charge is 0.377 e. The fourth-order valence-electron chi connectivity index (χ4n) is 2.83. The van der Waals surface area contributed by atoms with Crippen LogP contribution in [0.15, 0.2) is 24.3 Å². The maximum Gasteiger partial charge on any atom is 0.416 e. The second-order valence-corrected chi connectivity index (χ2v) is 5.41. The first-order chi connectivity index (χ1) is 9.93. The average Bonchev–Trinajstić information content (AvgIpc) is 2.92. The van der Waals surface area contributed by atoms with Gasteiger partial charge in [-0.25, -0.2) is 0 Å². The molecule has 0 amide bonds. The Balaban J connectivity index is 2.20. The molecule has 6 heteroatoms. The summed E-state index contributed by atoms with van der Waals surface area (Å²) < 4.78 is 44.9. The van der Waals surface area contributed by atoms with E-state index in [0.717, 1.165) is 25.5 Å². The minimum atomic E-state index is -4.37. The zero-order chi connectivity index (χ0) is 15.5. The van der Waals surface area contributed by atoms with Gasteiger partial charge in [0.05, 0.1) is 11.7 Å². The van der Waals surface area contributed by atoms with E-state index in [-0.39, 0.29) is 18.2 Å². The highest BCUT2D eigenvalue weighted by atomic mass is 19.4. The van der Waals surface area contributed by atoms with E-state index in [1.807, 2.05) is 4.90 Å². The first-order valence-corrected chi connectivity index (χ1v) is 7.11. The molecule has 0 saturated carbocycles. The summed E-state index contributed by atoms with van der Waals surface area (Å²) in [6.07, 6.45) is -2.33. The van der Waals surface area contributed by atoms with Crippen molar-refractivity contribution in [3.63, 3.8) is 0 Å². The normalized spacial score (nSPS) is 21.0. The van der Waals surface area contributed by atoms with Gasteiger partial charge in [0.2, 0.25) is 0 Å². The first-order valence-electron chi connectivity index (χ1n) is 7.11. The van der Waals surface area contributed by atoms with Gasteiger partial charge in [-0.2, -0.15) is 13.2 Å². The standard InChI is InChI=1S/C15H21F3N2O/c1-20(10-11-5-4-8-21-11)14(9-19)12-6-2-3-7-13(12)15(16,17)18/h2-3,6-7,11,14H,4-5,8-10,19H2,1H3. The van der Waals surface area contributed by atoms with E-state index in [4.69, 9.17) is 10.5 Å². The summed E-state index contributed by atoms with van der Waals surface area (Å²) in [5, 5.41) is 0. The molecule has 3 nitrogen and oxygen atoms in total. The lowest BCUT2D eigenvalue weighted by Gasteiger charge is -2.31. The van der Waals surface area contributed by atoms with Gasteiger partial charge in [0, 0.05) is 25.7 Å². The molecule has 1 saturated heterocycles.